The van der Waals surface area contributed by atoms with Crippen LogP contribution in [-0.2, 0) is 9.53 Å². The van der Waals surface area contributed by atoms with Crippen molar-refractivity contribution < 1.29 is 9.53 Å². The van der Waals surface area contributed by atoms with Crippen molar-refractivity contribution in [2.75, 3.05) is 40.9 Å². The standard InChI is InChI=1S/C18H27ClN2O2/c1-21(2)12-4-7-18(22)20-14-16(6-5-13-23-3)15-8-10-17(19)11-9-15/h4,7-11,16H,5-6,12-14H2,1-3H3,(H,20,22)/b7-4+. The zero-order valence-corrected chi connectivity index (χ0v) is 15.0. The summed E-state index contributed by atoms with van der Waals surface area (Å²) in [7, 11) is 5.64. The molecule has 0 bridgehead atoms. The summed E-state index contributed by atoms with van der Waals surface area (Å²) in [5.41, 5.74) is 1.18. The van der Waals surface area contributed by atoms with Crippen LogP contribution in [0, 0.1) is 0 Å². The molecule has 0 saturated heterocycles. The van der Waals surface area contributed by atoms with Crippen LogP contribution in [0.4, 0.5) is 0 Å². The van der Waals surface area contributed by atoms with E-state index in [2.05, 4.69) is 5.32 Å². The van der Waals surface area contributed by atoms with Crippen LogP contribution in [0.5, 0.6) is 0 Å². The molecule has 1 aromatic rings. The molecule has 0 saturated carbocycles. The maximum absolute atomic E-state index is 11.9. The summed E-state index contributed by atoms with van der Waals surface area (Å²) >= 11 is 5.95. The first kappa shape index (κ1) is 19.7. The first-order chi connectivity index (χ1) is 11.0. The van der Waals surface area contributed by atoms with Gasteiger partial charge in [-0.3, -0.25) is 4.79 Å². The summed E-state index contributed by atoms with van der Waals surface area (Å²) in [5.74, 6) is 0.200. The highest BCUT2D eigenvalue weighted by Gasteiger charge is 2.12. The predicted molar refractivity (Wildman–Crippen MR) is 96.0 cm³/mol. The Morgan fingerprint density at radius 1 is 1.35 bits per heavy atom. The van der Waals surface area contributed by atoms with Gasteiger partial charge in [0.05, 0.1) is 0 Å². The van der Waals surface area contributed by atoms with Gasteiger partial charge in [-0.1, -0.05) is 29.8 Å². The van der Waals surface area contributed by atoms with Crippen LogP contribution in [0.25, 0.3) is 0 Å². The van der Waals surface area contributed by atoms with Gasteiger partial charge in [-0.2, -0.15) is 0 Å². The normalized spacial score (nSPS) is 12.7. The van der Waals surface area contributed by atoms with Crippen LogP contribution >= 0.6 is 11.6 Å². The third-order valence-corrected chi connectivity index (χ3v) is 3.76. The smallest absolute Gasteiger partial charge is 0.243 e. The van der Waals surface area contributed by atoms with Gasteiger partial charge in [0.2, 0.25) is 5.91 Å². The van der Waals surface area contributed by atoms with E-state index in [0.717, 1.165) is 31.0 Å². The number of hydrogen-bond donors (Lipinski definition) is 1. The monoisotopic (exact) mass is 338 g/mol. The van der Waals surface area contributed by atoms with Crippen LogP contribution < -0.4 is 5.32 Å². The van der Waals surface area contributed by atoms with Gasteiger partial charge < -0.3 is 15.0 Å². The highest BCUT2D eigenvalue weighted by Crippen LogP contribution is 2.22. The summed E-state index contributed by atoms with van der Waals surface area (Å²) in [4.78, 5) is 13.9. The molecule has 1 unspecified atom stereocenters. The van der Waals surface area contributed by atoms with Crippen molar-refractivity contribution in [3.05, 3.63) is 47.0 Å². The van der Waals surface area contributed by atoms with Gasteiger partial charge in [-0.05, 0) is 44.6 Å². The maximum Gasteiger partial charge on any atom is 0.243 e. The molecule has 1 atom stereocenters. The van der Waals surface area contributed by atoms with Crippen molar-refractivity contribution >= 4 is 17.5 Å². The number of nitrogens with one attached hydrogen (secondary N) is 1. The van der Waals surface area contributed by atoms with Crippen molar-refractivity contribution in [1.82, 2.24) is 10.2 Å². The Hall–Kier alpha value is -1.36. The zero-order chi connectivity index (χ0) is 17.1. The SMILES string of the molecule is COCCCC(CNC(=O)/C=C/CN(C)C)c1ccc(Cl)cc1. The van der Waals surface area contributed by atoms with E-state index in [1.54, 1.807) is 13.2 Å². The molecule has 128 valence electrons. The molecule has 0 aliphatic heterocycles. The summed E-state index contributed by atoms with van der Waals surface area (Å²) < 4.78 is 5.12. The number of carbonyl (C=O) groups excluding carboxylic acids is 1. The van der Waals surface area contributed by atoms with Gasteiger partial charge >= 0.3 is 0 Å². The third-order valence-electron chi connectivity index (χ3n) is 3.50. The second kappa shape index (κ2) is 11.2. The van der Waals surface area contributed by atoms with E-state index in [0.29, 0.717) is 6.54 Å². The van der Waals surface area contributed by atoms with Crippen LogP contribution in [0.1, 0.15) is 24.3 Å². The minimum absolute atomic E-state index is 0.0578. The fraction of sp³-hybridized carbons (Fsp3) is 0.500. The molecule has 0 fully saturated rings. The lowest BCUT2D eigenvalue weighted by Gasteiger charge is -2.18. The Balaban J connectivity index is 2.57. The molecule has 1 N–H and O–H groups in total. The van der Waals surface area contributed by atoms with E-state index in [1.165, 1.54) is 5.56 Å². The van der Waals surface area contributed by atoms with Gasteiger partial charge in [-0.15, -0.1) is 0 Å². The molecule has 1 amide bonds. The summed E-state index contributed by atoms with van der Waals surface area (Å²) in [6, 6.07) is 7.82. The zero-order valence-electron chi connectivity index (χ0n) is 14.2. The second-order valence-electron chi connectivity index (χ2n) is 5.79. The number of methoxy groups -OCH3 is 1. The van der Waals surface area contributed by atoms with Crippen LogP contribution in [-0.4, -0.2) is 51.7 Å². The fourth-order valence-electron chi connectivity index (χ4n) is 2.25. The molecule has 0 heterocycles. The first-order valence-electron chi connectivity index (χ1n) is 7.86. The molecular weight excluding hydrogens is 312 g/mol. The minimum Gasteiger partial charge on any atom is -0.385 e. The number of likely N-dealkylation sites (N-methyl/N-ethyl adjacent to an activating group) is 1. The molecule has 0 aliphatic carbocycles. The van der Waals surface area contributed by atoms with Gasteiger partial charge in [0.15, 0.2) is 0 Å². The molecule has 0 spiro atoms. The fourth-order valence-corrected chi connectivity index (χ4v) is 2.37. The lowest BCUT2D eigenvalue weighted by Crippen LogP contribution is -2.27. The number of halogens is 1. The molecule has 0 aliphatic rings. The van der Waals surface area contributed by atoms with E-state index in [4.69, 9.17) is 16.3 Å². The highest BCUT2D eigenvalue weighted by atomic mass is 35.5. The van der Waals surface area contributed by atoms with E-state index in [-0.39, 0.29) is 11.8 Å². The molecule has 5 heteroatoms. The van der Waals surface area contributed by atoms with Gasteiger partial charge in [0.25, 0.3) is 0 Å². The van der Waals surface area contributed by atoms with Gasteiger partial charge in [0.1, 0.15) is 0 Å². The molecule has 23 heavy (non-hydrogen) atoms. The second-order valence-corrected chi connectivity index (χ2v) is 6.23. The van der Waals surface area contributed by atoms with E-state index >= 15 is 0 Å². The topological polar surface area (TPSA) is 41.6 Å². The van der Waals surface area contributed by atoms with E-state index in [1.807, 2.05) is 49.3 Å². The highest BCUT2D eigenvalue weighted by molar-refractivity contribution is 6.30. The Bertz CT molecular complexity index is 486. The summed E-state index contributed by atoms with van der Waals surface area (Å²) in [6.07, 6.45) is 5.36. The van der Waals surface area contributed by atoms with Crippen molar-refractivity contribution in [2.45, 2.75) is 18.8 Å². The average molecular weight is 339 g/mol. The summed E-state index contributed by atoms with van der Waals surface area (Å²) in [5, 5.41) is 3.70. The molecular formula is C18H27ClN2O2. The number of amides is 1. The Kier molecular flexibility index (Phi) is 9.60. The average Bonchev–Trinajstić information content (AvgIpc) is 2.51. The lowest BCUT2D eigenvalue weighted by atomic mass is 9.94. The first-order valence-corrected chi connectivity index (χ1v) is 8.24. The number of benzene rings is 1. The molecule has 1 rings (SSSR count). The van der Waals surface area contributed by atoms with Crippen LogP contribution in [0.3, 0.4) is 0 Å². The molecule has 0 aromatic heterocycles. The van der Waals surface area contributed by atoms with Crippen molar-refractivity contribution in [2.24, 2.45) is 0 Å². The molecule has 4 nitrogen and oxygen atoms in total. The van der Waals surface area contributed by atoms with Crippen molar-refractivity contribution in [3.8, 4) is 0 Å². The Morgan fingerprint density at radius 3 is 2.65 bits per heavy atom. The van der Waals surface area contributed by atoms with Gasteiger partial charge in [0, 0.05) is 43.8 Å². The Morgan fingerprint density at radius 2 is 2.04 bits per heavy atom. The number of hydrogen-bond acceptors (Lipinski definition) is 3. The van der Waals surface area contributed by atoms with Crippen LogP contribution in [0.15, 0.2) is 36.4 Å². The van der Waals surface area contributed by atoms with E-state index in [9.17, 15) is 4.79 Å². The molecule has 1 aromatic carbocycles. The number of rotatable bonds is 10. The van der Waals surface area contributed by atoms with E-state index < -0.39 is 0 Å². The quantitative estimate of drug-likeness (QED) is 0.526. The Labute approximate surface area is 144 Å². The van der Waals surface area contributed by atoms with Crippen molar-refractivity contribution in [3.63, 3.8) is 0 Å². The lowest BCUT2D eigenvalue weighted by molar-refractivity contribution is -0.116. The van der Waals surface area contributed by atoms with Crippen LogP contribution in [0.2, 0.25) is 5.02 Å². The predicted octanol–water partition coefficient (Wildman–Crippen LogP) is 3.08. The number of carbonyl (C=O) groups is 1. The minimum atomic E-state index is -0.0578. The van der Waals surface area contributed by atoms with Crippen molar-refractivity contribution in [1.29, 1.82) is 0 Å². The molecule has 0 radical (unpaired) electrons. The van der Waals surface area contributed by atoms with Gasteiger partial charge in [-0.25, -0.2) is 0 Å². The third kappa shape index (κ3) is 8.74. The number of nitrogens with zero attached hydrogens (tertiary/aromatic N) is 1. The maximum atomic E-state index is 11.9. The summed E-state index contributed by atoms with van der Waals surface area (Å²) in [6.45, 7) is 2.08. The largest absolute Gasteiger partial charge is 0.385 e. The number of ether oxygens (including phenoxy) is 1.